The zero-order valence-corrected chi connectivity index (χ0v) is 12.0. The molecule has 2 aromatic rings. The Morgan fingerprint density at radius 1 is 1.33 bits per heavy atom. The van der Waals surface area contributed by atoms with Crippen molar-refractivity contribution in [3.05, 3.63) is 61.9 Å². The van der Waals surface area contributed by atoms with E-state index in [1.165, 1.54) is 11.1 Å². The molecule has 3 rings (SSSR count). The van der Waals surface area contributed by atoms with Gasteiger partial charge >= 0.3 is 5.69 Å². The van der Waals surface area contributed by atoms with Crippen molar-refractivity contribution < 1.29 is 4.74 Å². The van der Waals surface area contributed by atoms with Gasteiger partial charge in [0.25, 0.3) is 5.56 Å². The van der Waals surface area contributed by atoms with Gasteiger partial charge in [-0.25, -0.2) is 4.79 Å². The third kappa shape index (κ3) is 2.77. The minimum absolute atomic E-state index is 0.284. The summed E-state index contributed by atoms with van der Waals surface area (Å²) in [6, 6.07) is 6.16. The molecule has 0 radical (unpaired) electrons. The van der Waals surface area contributed by atoms with Gasteiger partial charge in [0.2, 0.25) is 0 Å². The predicted molar refractivity (Wildman–Crippen MR) is 80.0 cm³/mol. The minimum atomic E-state index is -0.346. The van der Waals surface area contributed by atoms with Crippen LogP contribution in [-0.2, 0) is 25.8 Å². The Hall–Kier alpha value is -2.30. The van der Waals surface area contributed by atoms with Gasteiger partial charge in [0.1, 0.15) is 5.75 Å². The molecule has 0 amide bonds. The number of ether oxygens (including phenoxy) is 1. The van der Waals surface area contributed by atoms with Crippen LogP contribution in [0.3, 0.4) is 0 Å². The molecular weight excluding hydrogens is 268 g/mol. The maximum Gasteiger partial charge on any atom is 0.328 e. The number of aryl methyl sites for hydroxylation is 3. The molecular formula is C16H18N2O3. The van der Waals surface area contributed by atoms with Gasteiger partial charge in [0, 0.05) is 24.7 Å². The lowest BCUT2D eigenvalue weighted by molar-refractivity contribution is 0.357. The van der Waals surface area contributed by atoms with Gasteiger partial charge < -0.3 is 4.74 Å². The van der Waals surface area contributed by atoms with E-state index >= 15 is 0 Å². The van der Waals surface area contributed by atoms with Crippen molar-refractivity contribution in [1.82, 2.24) is 9.55 Å². The van der Waals surface area contributed by atoms with E-state index in [-0.39, 0.29) is 11.2 Å². The summed E-state index contributed by atoms with van der Waals surface area (Å²) < 4.78 is 7.06. The van der Waals surface area contributed by atoms with Crippen molar-refractivity contribution in [3.8, 4) is 5.75 Å². The summed E-state index contributed by atoms with van der Waals surface area (Å²) in [4.78, 5) is 25.7. The first-order valence-electron chi connectivity index (χ1n) is 7.24. The van der Waals surface area contributed by atoms with Crippen LogP contribution in [0.4, 0.5) is 0 Å². The average molecular weight is 286 g/mol. The first kappa shape index (κ1) is 13.7. The Morgan fingerprint density at radius 3 is 3.00 bits per heavy atom. The van der Waals surface area contributed by atoms with E-state index < -0.39 is 0 Å². The molecule has 0 saturated heterocycles. The molecule has 21 heavy (non-hydrogen) atoms. The zero-order chi connectivity index (χ0) is 14.8. The van der Waals surface area contributed by atoms with Crippen LogP contribution in [0.1, 0.15) is 23.6 Å². The van der Waals surface area contributed by atoms with Gasteiger partial charge in [-0.1, -0.05) is 19.1 Å². The molecule has 0 fully saturated rings. The molecule has 0 spiro atoms. The fourth-order valence-electron chi connectivity index (χ4n) is 2.62. The Balaban J connectivity index is 1.79. The van der Waals surface area contributed by atoms with Crippen LogP contribution in [0.25, 0.3) is 0 Å². The molecule has 0 atom stereocenters. The van der Waals surface area contributed by atoms with Gasteiger partial charge in [-0.2, -0.15) is 0 Å². The Morgan fingerprint density at radius 2 is 2.19 bits per heavy atom. The van der Waals surface area contributed by atoms with Crippen molar-refractivity contribution in [1.29, 1.82) is 0 Å². The number of aromatic nitrogens is 2. The first-order valence-corrected chi connectivity index (χ1v) is 7.24. The zero-order valence-electron chi connectivity index (χ0n) is 12.0. The van der Waals surface area contributed by atoms with Gasteiger partial charge in [0.15, 0.2) is 0 Å². The monoisotopic (exact) mass is 286 g/mol. The van der Waals surface area contributed by atoms with Crippen molar-refractivity contribution in [3.63, 3.8) is 0 Å². The number of rotatable bonds is 4. The average Bonchev–Trinajstić information content (AvgIpc) is 2.94. The molecule has 1 aromatic carbocycles. The highest BCUT2D eigenvalue weighted by molar-refractivity contribution is 5.39. The SMILES string of the molecule is CCc1cn(CCc2ccc3c(c2)CCO3)c(=O)[nH]c1=O. The van der Waals surface area contributed by atoms with Gasteiger partial charge in [-0.3, -0.25) is 14.3 Å². The summed E-state index contributed by atoms with van der Waals surface area (Å²) in [5, 5.41) is 0. The van der Waals surface area contributed by atoms with E-state index in [9.17, 15) is 9.59 Å². The molecule has 1 aliphatic heterocycles. The smallest absolute Gasteiger partial charge is 0.328 e. The molecule has 1 N–H and O–H groups in total. The van der Waals surface area contributed by atoms with Crippen LogP contribution in [0.2, 0.25) is 0 Å². The second kappa shape index (κ2) is 5.60. The fourth-order valence-corrected chi connectivity index (χ4v) is 2.62. The van der Waals surface area contributed by atoms with Crippen molar-refractivity contribution >= 4 is 0 Å². The molecule has 1 aliphatic rings. The maximum absolute atomic E-state index is 11.8. The number of hydrogen-bond donors (Lipinski definition) is 1. The number of fused-ring (bicyclic) bond motifs is 1. The molecule has 5 heteroatoms. The number of benzene rings is 1. The highest BCUT2D eigenvalue weighted by Gasteiger charge is 2.12. The van der Waals surface area contributed by atoms with Crippen LogP contribution in [0.5, 0.6) is 5.75 Å². The summed E-state index contributed by atoms with van der Waals surface area (Å²) in [6.45, 7) is 3.21. The highest BCUT2D eigenvalue weighted by atomic mass is 16.5. The van der Waals surface area contributed by atoms with Crippen molar-refractivity contribution in [2.75, 3.05) is 6.61 Å². The van der Waals surface area contributed by atoms with E-state index in [2.05, 4.69) is 11.1 Å². The van der Waals surface area contributed by atoms with Gasteiger partial charge in [-0.05, 0) is 30.0 Å². The molecule has 0 unspecified atom stereocenters. The van der Waals surface area contributed by atoms with E-state index in [4.69, 9.17) is 4.74 Å². The number of hydrogen-bond acceptors (Lipinski definition) is 3. The van der Waals surface area contributed by atoms with Gasteiger partial charge in [-0.15, -0.1) is 0 Å². The largest absolute Gasteiger partial charge is 0.493 e. The number of nitrogens with one attached hydrogen (secondary N) is 1. The number of nitrogens with zero attached hydrogens (tertiary/aromatic N) is 1. The van der Waals surface area contributed by atoms with Crippen molar-refractivity contribution in [2.24, 2.45) is 0 Å². The lowest BCUT2D eigenvalue weighted by Gasteiger charge is -2.08. The second-order valence-corrected chi connectivity index (χ2v) is 5.25. The van der Waals surface area contributed by atoms with Crippen LogP contribution in [-0.4, -0.2) is 16.2 Å². The summed E-state index contributed by atoms with van der Waals surface area (Å²) in [5.41, 5.74) is 2.41. The molecule has 0 bridgehead atoms. The normalized spacial score (nSPS) is 13.0. The van der Waals surface area contributed by atoms with E-state index in [0.717, 1.165) is 25.2 Å². The molecule has 1 aromatic heterocycles. The fraction of sp³-hybridized carbons (Fsp3) is 0.375. The first-order chi connectivity index (χ1) is 10.2. The quantitative estimate of drug-likeness (QED) is 0.920. The summed E-state index contributed by atoms with van der Waals surface area (Å²) in [6.07, 6.45) is 3.98. The summed E-state index contributed by atoms with van der Waals surface area (Å²) in [5.74, 6) is 0.966. The second-order valence-electron chi connectivity index (χ2n) is 5.25. The number of H-pyrrole nitrogens is 1. The molecule has 0 saturated carbocycles. The number of aromatic amines is 1. The minimum Gasteiger partial charge on any atom is -0.493 e. The molecule has 110 valence electrons. The lowest BCUT2D eigenvalue weighted by atomic mass is 10.1. The topological polar surface area (TPSA) is 64.1 Å². The molecule has 5 nitrogen and oxygen atoms in total. The molecule has 2 heterocycles. The predicted octanol–water partition coefficient (Wildman–Crippen LogP) is 1.28. The lowest BCUT2D eigenvalue weighted by Crippen LogP contribution is -2.32. The van der Waals surface area contributed by atoms with E-state index in [1.807, 2.05) is 19.1 Å². The third-order valence-electron chi connectivity index (χ3n) is 3.86. The van der Waals surface area contributed by atoms with Crippen LogP contribution >= 0.6 is 0 Å². The Kier molecular flexibility index (Phi) is 3.64. The van der Waals surface area contributed by atoms with Crippen LogP contribution < -0.4 is 16.0 Å². The highest BCUT2D eigenvalue weighted by Crippen LogP contribution is 2.26. The summed E-state index contributed by atoms with van der Waals surface area (Å²) >= 11 is 0. The third-order valence-corrected chi connectivity index (χ3v) is 3.86. The van der Waals surface area contributed by atoms with Crippen LogP contribution in [0.15, 0.2) is 34.0 Å². The van der Waals surface area contributed by atoms with Crippen molar-refractivity contribution in [2.45, 2.75) is 32.7 Å². The van der Waals surface area contributed by atoms with E-state index in [1.54, 1.807) is 10.8 Å². The van der Waals surface area contributed by atoms with Gasteiger partial charge in [0.05, 0.1) is 6.61 Å². The van der Waals surface area contributed by atoms with E-state index in [0.29, 0.717) is 18.5 Å². The van der Waals surface area contributed by atoms with Crippen LogP contribution in [0, 0.1) is 0 Å². The Bertz CT molecular complexity index is 774. The molecule has 0 aliphatic carbocycles. The summed E-state index contributed by atoms with van der Waals surface area (Å²) in [7, 11) is 0. The maximum atomic E-state index is 11.8. The standard InChI is InChI=1S/C16H18N2O3/c1-2-12-10-18(16(20)17-15(12)19)7-5-11-3-4-14-13(9-11)6-8-21-14/h3-4,9-10H,2,5-8H2,1H3,(H,17,19,20). The Labute approximate surface area is 122 Å².